The van der Waals surface area contributed by atoms with Gasteiger partial charge in [-0.1, -0.05) is 13.0 Å². The number of carbonyl (C=O) groups excluding carboxylic acids is 1. The molecule has 0 amide bonds. The number of carbonyl (C=O) groups is 1. The molecule has 82 valence electrons. The third-order valence-corrected chi connectivity index (χ3v) is 2.19. The molecule has 0 fully saturated rings. The van der Waals surface area contributed by atoms with Crippen LogP contribution in [-0.4, -0.2) is 22.0 Å². The molecule has 0 aliphatic carbocycles. The maximum atomic E-state index is 11.3. The lowest BCUT2D eigenvalue weighted by atomic mass is 9.91. The third kappa shape index (κ3) is 2.47. The summed E-state index contributed by atoms with van der Waals surface area (Å²) in [5.74, 6) is -3.13. The highest BCUT2D eigenvalue weighted by molar-refractivity contribution is 5.82. The number of phenolic OH excluding ortho intramolecular Hbond substituents is 2. The van der Waals surface area contributed by atoms with Crippen LogP contribution in [0, 0.1) is 0 Å². The molecule has 4 heteroatoms. The summed E-state index contributed by atoms with van der Waals surface area (Å²) in [7, 11) is 0. The number of aromatic hydroxyl groups is 2. The standard InChI is InChI=1S/C11H15NO3/c1-6(11(12)7(2)13)8-3-4-9(14)10(15)5-8/h3-6,11,14-15H,12H2,1-2H3/t6-,11+/m1/s1/i6D,11D. The van der Waals surface area contributed by atoms with Gasteiger partial charge in [0.25, 0.3) is 0 Å². The molecule has 4 N–H and O–H groups in total. The van der Waals surface area contributed by atoms with E-state index >= 15 is 0 Å². The van der Waals surface area contributed by atoms with Crippen LogP contribution in [0.15, 0.2) is 18.2 Å². The number of hydrogen-bond acceptors (Lipinski definition) is 4. The van der Waals surface area contributed by atoms with Crippen LogP contribution in [-0.2, 0) is 4.79 Å². The smallest absolute Gasteiger partial charge is 0.157 e. The van der Waals surface area contributed by atoms with Crippen LogP contribution < -0.4 is 5.73 Å². The topological polar surface area (TPSA) is 83.6 Å². The molecule has 15 heavy (non-hydrogen) atoms. The Morgan fingerprint density at radius 2 is 2.07 bits per heavy atom. The van der Waals surface area contributed by atoms with Crippen molar-refractivity contribution in [2.75, 3.05) is 0 Å². The second-order valence-electron chi connectivity index (χ2n) is 3.30. The Morgan fingerprint density at radius 1 is 1.47 bits per heavy atom. The fourth-order valence-electron chi connectivity index (χ4n) is 1.18. The summed E-state index contributed by atoms with van der Waals surface area (Å²) >= 11 is 0. The van der Waals surface area contributed by atoms with E-state index < -0.39 is 23.4 Å². The van der Waals surface area contributed by atoms with Crippen LogP contribution in [0.5, 0.6) is 11.5 Å². The summed E-state index contributed by atoms with van der Waals surface area (Å²) < 4.78 is 15.8. The zero-order valence-electron chi connectivity index (χ0n) is 10.6. The number of benzene rings is 1. The van der Waals surface area contributed by atoms with Crippen molar-refractivity contribution in [2.24, 2.45) is 5.73 Å². The Kier molecular flexibility index (Phi) is 2.51. The van der Waals surface area contributed by atoms with Crippen LogP contribution in [0.3, 0.4) is 0 Å². The second-order valence-corrected chi connectivity index (χ2v) is 3.30. The highest BCUT2D eigenvalue weighted by Crippen LogP contribution is 2.29. The van der Waals surface area contributed by atoms with Gasteiger partial charge in [-0.3, -0.25) is 4.79 Å². The monoisotopic (exact) mass is 211 g/mol. The molecule has 0 heterocycles. The summed E-state index contributed by atoms with van der Waals surface area (Å²) in [4.78, 5) is 11.3. The van der Waals surface area contributed by atoms with Crippen molar-refractivity contribution in [1.82, 2.24) is 0 Å². The molecule has 2 atom stereocenters. The molecule has 0 saturated heterocycles. The van der Waals surface area contributed by atoms with Crippen molar-refractivity contribution in [3.05, 3.63) is 23.8 Å². The molecular weight excluding hydrogens is 194 g/mol. The molecular formula is C11H15NO3. The van der Waals surface area contributed by atoms with Crippen LogP contribution in [0.1, 0.15) is 28.0 Å². The first-order chi connectivity index (χ1) is 7.60. The molecule has 1 aromatic rings. The van der Waals surface area contributed by atoms with Gasteiger partial charge in [0.15, 0.2) is 11.5 Å². The molecule has 1 rings (SSSR count). The number of rotatable bonds is 3. The maximum absolute atomic E-state index is 11.3. The third-order valence-electron chi connectivity index (χ3n) is 2.19. The Hall–Kier alpha value is -1.55. The summed E-state index contributed by atoms with van der Waals surface area (Å²) in [6.07, 6.45) is 0. The normalized spacial score (nSPS) is 20.7. The first kappa shape index (κ1) is 8.73. The number of Topliss-reactive ketones (excluding diaryl/α,β-unsaturated/α-hetero) is 1. The first-order valence-corrected chi connectivity index (χ1v) is 4.43. The van der Waals surface area contributed by atoms with E-state index in [4.69, 9.17) is 13.6 Å². The van der Waals surface area contributed by atoms with Gasteiger partial charge >= 0.3 is 0 Å². The zero-order valence-corrected chi connectivity index (χ0v) is 8.61. The van der Waals surface area contributed by atoms with Crippen LogP contribution in [0.4, 0.5) is 0 Å². The van der Waals surface area contributed by atoms with Gasteiger partial charge in [0, 0.05) is 7.26 Å². The van der Waals surface area contributed by atoms with Crippen LogP contribution in [0.25, 0.3) is 0 Å². The number of phenols is 2. The van der Waals surface area contributed by atoms with E-state index in [-0.39, 0.29) is 11.3 Å². The Bertz CT molecular complexity index is 458. The number of ketones is 1. The van der Waals surface area contributed by atoms with Crippen molar-refractivity contribution in [3.8, 4) is 11.5 Å². The highest BCUT2D eigenvalue weighted by atomic mass is 16.3. The average molecular weight is 211 g/mol. The largest absolute Gasteiger partial charge is 0.504 e. The molecule has 0 aromatic heterocycles. The molecule has 0 bridgehead atoms. The minimum absolute atomic E-state index is 0.181. The van der Waals surface area contributed by atoms with Crippen molar-refractivity contribution < 1.29 is 17.7 Å². The Labute approximate surface area is 91.2 Å². The minimum atomic E-state index is -2.13. The van der Waals surface area contributed by atoms with Crippen molar-refractivity contribution in [1.29, 1.82) is 0 Å². The predicted octanol–water partition coefficient (Wildman–Crippen LogP) is 1.12. The molecule has 1 aromatic carbocycles. The molecule has 4 nitrogen and oxygen atoms in total. The number of hydrogen-bond donors (Lipinski definition) is 3. The van der Waals surface area contributed by atoms with E-state index in [0.29, 0.717) is 0 Å². The lowest BCUT2D eigenvalue weighted by Crippen LogP contribution is -2.33. The fraction of sp³-hybridized carbons (Fsp3) is 0.364. The van der Waals surface area contributed by atoms with Gasteiger partial charge in [-0.2, -0.15) is 0 Å². The molecule has 0 aliphatic heterocycles. The Balaban J connectivity index is 3.30. The van der Waals surface area contributed by atoms with E-state index in [1.807, 2.05) is 0 Å². The zero-order chi connectivity index (χ0) is 13.4. The van der Waals surface area contributed by atoms with Crippen LogP contribution in [0.2, 0.25) is 0 Å². The molecule has 0 aliphatic rings. The summed E-state index contributed by atoms with van der Waals surface area (Å²) in [6, 6.07) is 1.53. The fourth-order valence-corrected chi connectivity index (χ4v) is 1.18. The van der Waals surface area contributed by atoms with Gasteiger partial charge in [0.2, 0.25) is 0 Å². The van der Waals surface area contributed by atoms with Gasteiger partial charge in [-0.25, -0.2) is 0 Å². The summed E-state index contributed by atoms with van der Waals surface area (Å²) in [5, 5.41) is 18.5. The molecule has 0 saturated carbocycles. The van der Waals surface area contributed by atoms with Gasteiger partial charge in [0.05, 0.1) is 7.39 Å². The average Bonchev–Trinajstić information content (AvgIpc) is 2.21. The molecule has 0 spiro atoms. The van der Waals surface area contributed by atoms with Gasteiger partial charge < -0.3 is 15.9 Å². The van der Waals surface area contributed by atoms with Crippen molar-refractivity contribution in [2.45, 2.75) is 25.8 Å². The van der Waals surface area contributed by atoms with E-state index in [0.717, 1.165) is 13.0 Å². The summed E-state index contributed by atoms with van der Waals surface area (Å²) in [6.45, 7) is 2.45. The van der Waals surface area contributed by atoms with Crippen LogP contribution >= 0.6 is 0 Å². The highest BCUT2D eigenvalue weighted by Gasteiger charge is 2.19. The lowest BCUT2D eigenvalue weighted by molar-refractivity contribution is -0.118. The quantitative estimate of drug-likeness (QED) is 0.654. The predicted molar refractivity (Wildman–Crippen MR) is 56.8 cm³/mol. The van der Waals surface area contributed by atoms with E-state index in [2.05, 4.69) is 0 Å². The van der Waals surface area contributed by atoms with Gasteiger partial charge in [-0.05, 0) is 24.6 Å². The van der Waals surface area contributed by atoms with Crippen molar-refractivity contribution in [3.63, 3.8) is 0 Å². The lowest BCUT2D eigenvalue weighted by Gasteiger charge is -2.17. The van der Waals surface area contributed by atoms with Crippen molar-refractivity contribution >= 4 is 5.78 Å². The SMILES string of the molecule is [2H][C@@](N)(C(C)=O)[C@]([2H])(C)c1ccc(O)c(O)c1. The Morgan fingerprint density at radius 3 is 2.53 bits per heavy atom. The van der Waals surface area contributed by atoms with Gasteiger partial charge in [-0.15, -0.1) is 0 Å². The summed E-state index contributed by atoms with van der Waals surface area (Å²) in [5.41, 5.74) is 5.72. The van der Waals surface area contributed by atoms with E-state index in [9.17, 15) is 9.90 Å². The number of nitrogens with two attached hydrogens (primary N) is 1. The maximum Gasteiger partial charge on any atom is 0.157 e. The van der Waals surface area contributed by atoms with E-state index in [1.54, 1.807) is 0 Å². The van der Waals surface area contributed by atoms with E-state index in [1.165, 1.54) is 19.1 Å². The second kappa shape index (κ2) is 4.31. The minimum Gasteiger partial charge on any atom is -0.504 e. The molecule has 0 radical (unpaired) electrons. The van der Waals surface area contributed by atoms with Gasteiger partial charge in [0.1, 0.15) is 5.78 Å². The first-order valence-electron chi connectivity index (χ1n) is 5.43. The molecule has 0 unspecified atom stereocenters.